The number of hydrogen-bond donors (Lipinski definition) is 1. The van der Waals surface area contributed by atoms with Crippen LogP contribution in [0.4, 0.5) is 10.1 Å². The lowest BCUT2D eigenvalue weighted by Gasteiger charge is -2.30. The summed E-state index contributed by atoms with van der Waals surface area (Å²) in [4.78, 5) is 12.5. The van der Waals surface area contributed by atoms with E-state index in [-0.39, 0.29) is 22.4 Å². The lowest BCUT2D eigenvalue weighted by atomic mass is 10.0. The Hall–Kier alpha value is -2.40. The Morgan fingerprint density at radius 2 is 1.97 bits per heavy atom. The molecule has 162 valence electrons. The predicted octanol–water partition coefficient (Wildman–Crippen LogP) is 4.15. The highest BCUT2D eigenvalue weighted by molar-refractivity contribution is 7.89. The summed E-state index contributed by atoms with van der Waals surface area (Å²) < 4.78 is 40.4. The molecule has 1 saturated heterocycles. The largest absolute Gasteiger partial charge is 0.320 e. The molecule has 2 heterocycles. The van der Waals surface area contributed by atoms with Crippen molar-refractivity contribution in [1.29, 1.82) is 0 Å². The Morgan fingerprint density at radius 3 is 2.71 bits per heavy atom. The van der Waals surface area contributed by atoms with E-state index in [0.29, 0.717) is 28.7 Å². The van der Waals surface area contributed by atoms with Gasteiger partial charge < -0.3 is 5.32 Å². The first-order chi connectivity index (χ1) is 14.8. The van der Waals surface area contributed by atoms with E-state index in [1.807, 2.05) is 0 Å². The Balaban J connectivity index is 1.47. The molecule has 1 aliphatic heterocycles. The van der Waals surface area contributed by atoms with Crippen molar-refractivity contribution in [3.8, 4) is 0 Å². The highest BCUT2D eigenvalue weighted by Gasteiger charge is 2.32. The molecule has 1 aromatic heterocycles. The maximum atomic E-state index is 13.2. The molecule has 2 aromatic carbocycles. The zero-order valence-electron chi connectivity index (χ0n) is 16.2. The summed E-state index contributed by atoms with van der Waals surface area (Å²) in [6.45, 7) is 0.599. The Bertz CT molecular complexity index is 1200. The average Bonchev–Trinajstić information content (AvgIpc) is 3.25. The Morgan fingerprint density at radius 1 is 1.19 bits per heavy atom. The molecule has 4 rings (SSSR count). The first kappa shape index (κ1) is 21.8. The van der Waals surface area contributed by atoms with Gasteiger partial charge in [-0.15, -0.1) is 10.2 Å². The molecule has 31 heavy (non-hydrogen) atoms. The summed E-state index contributed by atoms with van der Waals surface area (Å²) in [6.07, 6.45) is 1.38. The molecular weight excluding hydrogens is 463 g/mol. The fraction of sp³-hybridized carbons (Fsp3) is 0.250. The van der Waals surface area contributed by atoms with E-state index in [2.05, 4.69) is 15.5 Å². The summed E-state index contributed by atoms with van der Waals surface area (Å²) >= 11 is 7.08. The van der Waals surface area contributed by atoms with Crippen LogP contribution >= 0.6 is 22.9 Å². The lowest BCUT2D eigenvalue weighted by molar-refractivity contribution is 0.102. The molecular formula is C20H18ClFN4O3S2. The standard InChI is InChI=1S/C20H18ClFN4O3S2/c21-14-4-1-5-16(11-14)23-18(27)20-25-24-19(30-20)13-3-2-10-26(12-13)31(28,29)17-8-6-15(22)7-9-17/h1,4-9,11,13H,2-3,10,12H2,(H,23,27)/t13-/m0/s1. The number of carbonyl (C=O) groups excluding carboxylic acids is 1. The topological polar surface area (TPSA) is 92.3 Å². The number of nitrogens with one attached hydrogen (secondary N) is 1. The van der Waals surface area contributed by atoms with E-state index in [1.165, 1.54) is 16.4 Å². The van der Waals surface area contributed by atoms with Crippen LogP contribution in [0.3, 0.4) is 0 Å². The first-order valence-electron chi connectivity index (χ1n) is 9.49. The second-order valence-corrected chi connectivity index (χ2v) is 10.4. The molecule has 0 bridgehead atoms. The predicted molar refractivity (Wildman–Crippen MR) is 116 cm³/mol. The third-order valence-corrected chi connectivity index (χ3v) is 8.10. The SMILES string of the molecule is O=C(Nc1cccc(Cl)c1)c1nnc([C@H]2CCCN(S(=O)(=O)c3ccc(F)cc3)C2)s1. The monoisotopic (exact) mass is 480 g/mol. The molecule has 0 radical (unpaired) electrons. The van der Waals surface area contributed by atoms with Crippen molar-refractivity contribution < 1.29 is 17.6 Å². The molecule has 0 aliphatic carbocycles. The van der Waals surface area contributed by atoms with Crippen LogP contribution in [-0.4, -0.2) is 41.9 Å². The summed E-state index contributed by atoms with van der Waals surface area (Å²) in [5, 5.41) is 12.1. The number of piperidine rings is 1. The van der Waals surface area contributed by atoms with Gasteiger partial charge in [-0.3, -0.25) is 4.79 Å². The molecule has 11 heteroatoms. The van der Waals surface area contributed by atoms with Gasteiger partial charge in [0, 0.05) is 29.7 Å². The van der Waals surface area contributed by atoms with Crippen LogP contribution in [-0.2, 0) is 10.0 Å². The first-order valence-corrected chi connectivity index (χ1v) is 12.1. The number of amides is 1. The smallest absolute Gasteiger partial charge is 0.286 e. The van der Waals surface area contributed by atoms with E-state index in [4.69, 9.17) is 11.6 Å². The minimum Gasteiger partial charge on any atom is -0.320 e. The zero-order chi connectivity index (χ0) is 22.0. The molecule has 1 N–H and O–H groups in total. The number of anilines is 1. The molecule has 1 atom stereocenters. The third-order valence-electron chi connectivity index (χ3n) is 4.90. The van der Waals surface area contributed by atoms with Gasteiger partial charge in [0.15, 0.2) is 0 Å². The second kappa shape index (κ2) is 8.99. The van der Waals surface area contributed by atoms with E-state index >= 15 is 0 Å². The highest BCUT2D eigenvalue weighted by Crippen LogP contribution is 2.32. The van der Waals surface area contributed by atoms with E-state index < -0.39 is 21.7 Å². The van der Waals surface area contributed by atoms with Gasteiger partial charge in [-0.05, 0) is 55.3 Å². The molecule has 0 spiro atoms. The van der Waals surface area contributed by atoms with E-state index in [0.717, 1.165) is 29.9 Å². The molecule has 0 unspecified atom stereocenters. The summed E-state index contributed by atoms with van der Waals surface area (Å²) in [7, 11) is -3.74. The number of aromatic nitrogens is 2. The van der Waals surface area contributed by atoms with Crippen LogP contribution < -0.4 is 5.32 Å². The maximum absolute atomic E-state index is 13.2. The van der Waals surface area contributed by atoms with Crippen LogP contribution in [0.15, 0.2) is 53.4 Å². The molecule has 1 fully saturated rings. The number of halogens is 2. The van der Waals surface area contributed by atoms with Gasteiger partial charge in [0.1, 0.15) is 10.8 Å². The maximum Gasteiger partial charge on any atom is 0.286 e. The van der Waals surface area contributed by atoms with Gasteiger partial charge in [-0.25, -0.2) is 12.8 Å². The second-order valence-electron chi connectivity index (χ2n) is 7.07. The third kappa shape index (κ3) is 4.93. The number of carbonyl (C=O) groups is 1. The van der Waals surface area contributed by atoms with E-state index in [9.17, 15) is 17.6 Å². The average molecular weight is 481 g/mol. The van der Waals surface area contributed by atoms with Crippen molar-refractivity contribution in [2.75, 3.05) is 18.4 Å². The van der Waals surface area contributed by atoms with Crippen molar-refractivity contribution in [2.24, 2.45) is 0 Å². The van der Waals surface area contributed by atoms with Gasteiger partial charge in [0.25, 0.3) is 5.91 Å². The fourth-order valence-corrected chi connectivity index (χ4v) is 5.94. The van der Waals surface area contributed by atoms with Crippen LogP contribution in [0.25, 0.3) is 0 Å². The normalized spacial score (nSPS) is 17.4. The molecule has 0 saturated carbocycles. The van der Waals surface area contributed by atoms with Gasteiger partial charge in [0.2, 0.25) is 15.0 Å². The quantitative estimate of drug-likeness (QED) is 0.592. The van der Waals surface area contributed by atoms with E-state index in [1.54, 1.807) is 24.3 Å². The van der Waals surface area contributed by atoms with Gasteiger partial charge in [-0.2, -0.15) is 4.31 Å². The zero-order valence-corrected chi connectivity index (χ0v) is 18.6. The summed E-state index contributed by atoms with van der Waals surface area (Å²) in [5.74, 6) is -1.07. The number of rotatable bonds is 5. The minimum absolute atomic E-state index is 0.0494. The van der Waals surface area contributed by atoms with Crippen LogP contribution in [0.5, 0.6) is 0 Å². The van der Waals surface area contributed by atoms with Crippen molar-refractivity contribution in [2.45, 2.75) is 23.7 Å². The van der Waals surface area contributed by atoms with Crippen LogP contribution in [0, 0.1) is 5.82 Å². The lowest BCUT2D eigenvalue weighted by Crippen LogP contribution is -2.39. The molecule has 1 amide bonds. The van der Waals surface area contributed by atoms with Gasteiger partial charge >= 0.3 is 0 Å². The minimum atomic E-state index is -3.74. The summed E-state index contributed by atoms with van der Waals surface area (Å²) in [5.41, 5.74) is 0.545. The highest BCUT2D eigenvalue weighted by atomic mass is 35.5. The molecule has 1 aliphatic rings. The fourth-order valence-electron chi connectivity index (χ4n) is 3.36. The molecule has 7 nitrogen and oxygen atoms in total. The van der Waals surface area contributed by atoms with Crippen molar-refractivity contribution in [3.05, 3.63) is 69.4 Å². The van der Waals surface area contributed by atoms with Gasteiger partial charge in [-0.1, -0.05) is 29.0 Å². The van der Waals surface area contributed by atoms with Crippen molar-refractivity contribution in [1.82, 2.24) is 14.5 Å². The van der Waals surface area contributed by atoms with Crippen molar-refractivity contribution >= 4 is 44.6 Å². The Kier molecular flexibility index (Phi) is 6.33. The van der Waals surface area contributed by atoms with Crippen LogP contribution in [0.2, 0.25) is 5.02 Å². The number of nitrogens with zero attached hydrogens (tertiary/aromatic N) is 3. The summed E-state index contributed by atoms with van der Waals surface area (Å²) in [6, 6.07) is 11.5. The Labute approximate surface area is 187 Å². The van der Waals surface area contributed by atoms with Gasteiger partial charge in [0.05, 0.1) is 4.90 Å². The molecule has 3 aromatic rings. The number of benzene rings is 2. The number of sulfonamides is 1. The van der Waals surface area contributed by atoms with Crippen LogP contribution in [0.1, 0.15) is 33.6 Å². The number of hydrogen-bond acceptors (Lipinski definition) is 6. The van der Waals surface area contributed by atoms with Crippen molar-refractivity contribution in [3.63, 3.8) is 0 Å².